The molecule has 0 fully saturated rings. The Bertz CT molecular complexity index is 590. The molecule has 21 heavy (non-hydrogen) atoms. The molecule has 0 saturated heterocycles. The van der Waals surface area contributed by atoms with Crippen LogP contribution >= 0.6 is 15.9 Å². The standard InChI is InChI=1S/C16H21BrN4/c1-4-6-18-7-5-15-11(2)20-16(21-12(15)3)13-8-14(17)10-19-9-13/h8-10,18H,4-7H2,1-3H3. The SMILES string of the molecule is CCCNCCc1c(C)nc(-c2cncc(Br)c2)nc1C. The lowest BCUT2D eigenvalue weighted by Gasteiger charge is -2.11. The van der Waals surface area contributed by atoms with Gasteiger partial charge in [-0.05, 0) is 67.3 Å². The predicted molar refractivity (Wildman–Crippen MR) is 89.3 cm³/mol. The van der Waals surface area contributed by atoms with Crippen molar-refractivity contribution >= 4 is 15.9 Å². The Kier molecular flexibility index (Phi) is 5.82. The van der Waals surface area contributed by atoms with Crippen LogP contribution in [0.2, 0.25) is 0 Å². The molecule has 2 heterocycles. The number of pyridine rings is 1. The van der Waals surface area contributed by atoms with Crippen LogP contribution in [0, 0.1) is 13.8 Å². The highest BCUT2D eigenvalue weighted by Gasteiger charge is 2.10. The molecule has 0 aromatic carbocycles. The van der Waals surface area contributed by atoms with Crippen molar-refractivity contribution in [3.8, 4) is 11.4 Å². The van der Waals surface area contributed by atoms with Gasteiger partial charge in [-0.1, -0.05) is 6.92 Å². The fourth-order valence-electron chi connectivity index (χ4n) is 2.28. The van der Waals surface area contributed by atoms with Crippen LogP contribution < -0.4 is 5.32 Å². The first-order chi connectivity index (χ1) is 10.1. The van der Waals surface area contributed by atoms with E-state index < -0.39 is 0 Å². The largest absolute Gasteiger partial charge is 0.316 e. The van der Waals surface area contributed by atoms with Crippen molar-refractivity contribution in [2.24, 2.45) is 0 Å². The molecule has 2 aromatic heterocycles. The van der Waals surface area contributed by atoms with Crippen LogP contribution in [0.4, 0.5) is 0 Å². The molecule has 0 unspecified atom stereocenters. The molecular weight excluding hydrogens is 328 g/mol. The zero-order valence-corrected chi connectivity index (χ0v) is 14.4. The molecule has 0 amide bonds. The van der Waals surface area contributed by atoms with Crippen LogP contribution in [-0.2, 0) is 6.42 Å². The molecule has 0 saturated carbocycles. The zero-order chi connectivity index (χ0) is 15.2. The average molecular weight is 349 g/mol. The fraction of sp³-hybridized carbons (Fsp3) is 0.438. The summed E-state index contributed by atoms with van der Waals surface area (Å²) in [5, 5.41) is 3.42. The molecule has 1 N–H and O–H groups in total. The number of rotatable bonds is 6. The van der Waals surface area contributed by atoms with Crippen molar-refractivity contribution in [2.45, 2.75) is 33.6 Å². The normalized spacial score (nSPS) is 10.9. The third-order valence-corrected chi connectivity index (χ3v) is 3.80. The van der Waals surface area contributed by atoms with Crippen LogP contribution in [0.3, 0.4) is 0 Å². The highest BCUT2D eigenvalue weighted by atomic mass is 79.9. The lowest BCUT2D eigenvalue weighted by molar-refractivity contribution is 0.666. The quantitative estimate of drug-likeness (QED) is 0.812. The van der Waals surface area contributed by atoms with Gasteiger partial charge in [-0.2, -0.15) is 0 Å². The third kappa shape index (κ3) is 4.32. The Labute approximate surface area is 134 Å². The van der Waals surface area contributed by atoms with E-state index in [9.17, 15) is 0 Å². The number of halogens is 1. The summed E-state index contributed by atoms with van der Waals surface area (Å²) in [5.74, 6) is 0.740. The van der Waals surface area contributed by atoms with Crippen molar-refractivity contribution in [1.82, 2.24) is 20.3 Å². The summed E-state index contributed by atoms with van der Waals surface area (Å²) in [5.41, 5.74) is 4.28. The molecule has 0 atom stereocenters. The summed E-state index contributed by atoms with van der Waals surface area (Å²) in [6.07, 6.45) is 5.68. The molecule has 0 spiro atoms. The number of aryl methyl sites for hydroxylation is 2. The highest BCUT2D eigenvalue weighted by molar-refractivity contribution is 9.10. The maximum Gasteiger partial charge on any atom is 0.161 e. The van der Waals surface area contributed by atoms with Gasteiger partial charge in [-0.3, -0.25) is 4.98 Å². The number of nitrogens with zero attached hydrogens (tertiary/aromatic N) is 3. The lowest BCUT2D eigenvalue weighted by atomic mass is 10.1. The van der Waals surface area contributed by atoms with E-state index in [1.54, 1.807) is 12.4 Å². The first-order valence-electron chi connectivity index (χ1n) is 7.27. The second-order valence-electron chi connectivity index (χ2n) is 5.09. The summed E-state index contributed by atoms with van der Waals surface area (Å²) < 4.78 is 0.937. The predicted octanol–water partition coefficient (Wildman–Crippen LogP) is 3.46. The minimum absolute atomic E-state index is 0.740. The van der Waals surface area contributed by atoms with Gasteiger partial charge in [0, 0.05) is 33.8 Å². The molecule has 112 valence electrons. The van der Waals surface area contributed by atoms with Crippen molar-refractivity contribution in [3.05, 3.63) is 39.9 Å². The highest BCUT2D eigenvalue weighted by Crippen LogP contribution is 2.21. The maximum atomic E-state index is 4.64. The van der Waals surface area contributed by atoms with Gasteiger partial charge in [0.15, 0.2) is 5.82 Å². The van der Waals surface area contributed by atoms with E-state index in [4.69, 9.17) is 0 Å². The van der Waals surface area contributed by atoms with Gasteiger partial charge >= 0.3 is 0 Å². The fourth-order valence-corrected chi connectivity index (χ4v) is 2.64. The molecule has 5 heteroatoms. The Balaban J connectivity index is 2.20. The topological polar surface area (TPSA) is 50.7 Å². The minimum Gasteiger partial charge on any atom is -0.316 e. The number of hydrogen-bond acceptors (Lipinski definition) is 4. The van der Waals surface area contributed by atoms with E-state index in [1.165, 1.54) is 5.56 Å². The van der Waals surface area contributed by atoms with Crippen LogP contribution in [0.25, 0.3) is 11.4 Å². The Morgan fingerprint density at radius 2 is 1.81 bits per heavy atom. The molecular formula is C16H21BrN4. The van der Waals surface area contributed by atoms with Crippen molar-refractivity contribution < 1.29 is 0 Å². The Morgan fingerprint density at radius 1 is 1.10 bits per heavy atom. The summed E-state index contributed by atoms with van der Waals surface area (Å²) in [7, 11) is 0. The van der Waals surface area contributed by atoms with Crippen LogP contribution in [0.5, 0.6) is 0 Å². The summed E-state index contributed by atoms with van der Waals surface area (Å²) in [6, 6.07) is 1.99. The van der Waals surface area contributed by atoms with Gasteiger partial charge in [0.1, 0.15) is 0 Å². The van der Waals surface area contributed by atoms with Crippen LogP contribution in [-0.4, -0.2) is 28.0 Å². The Hall–Kier alpha value is -1.33. The first kappa shape index (κ1) is 16.0. The van der Waals surface area contributed by atoms with Crippen molar-refractivity contribution in [3.63, 3.8) is 0 Å². The van der Waals surface area contributed by atoms with E-state index in [0.29, 0.717) is 0 Å². The van der Waals surface area contributed by atoms with Gasteiger partial charge in [-0.25, -0.2) is 9.97 Å². The molecule has 0 aliphatic heterocycles. The van der Waals surface area contributed by atoms with E-state index in [0.717, 1.165) is 53.2 Å². The van der Waals surface area contributed by atoms with E-state index in [1.807, 2.05) is 6.07 Å². The first-order valence-corrected chi connectivity index (χ1v) is 8.07. The van der Waals surface area contributed by atoms with E-state index in [-0.39, 0.29) is 0 Å². The van der Waals surface area contributed by atoms with Crippen molar-refractivity contribution in [2.75, 3.05) is 13.1 Å². The van der Waals surface area contributed by atoms with Crippen molar-refractivity contribution in [1.29, 1.82) is 0 Å². The Morgan fingerprint density at radius 3 is 2.43 bits per heavy atom. The molecule has 0 bridgehead atoms. The number of aromatic nitrogens is 3. The molecule has 0 radical (unpaired) electrons. The average Bonchev–Trinajstić information content (AvgIpc) is 2.45. The third-order valence-electron chi connectivity index (χ3n) is 3.36. The van der Waals surface area contributed by atoms with Gasteiger partial charge in [0.2, 0.25) is 0 Å². The molecule has 4 nitrogen and oxygen atoms in total. The van der Waals surface area contributed by atoms with Crippen LogP contribution in [0.15, 0.2) is 22.9 Å². The van der Waals surface area contributed by atoms with Gasteiger partial charge < -0.3 is 5.32 Å². The van der Waals surface area contributed by atoms with E-state index >= 15 is 0 Å². The minimum atomic E-state index is 0.740. The number of hydrogen-bond donors (Lipinski definition) is 1. The molecule has 0 aliphatic rings. The monoisotopic (exact) mass is 348 g/mol. The van der Waals surface area contributed by atoms with Gasteiger partial charge in [0.25, 0.3) is 0 Å². The molecule has 0 aliphatic carbocycles. The second-order valence-corrected chi connectivity index (χ2v) is 6.00. The molecule has 2 rings (SSSR count). The lowest BCUT2D eigenvalue weighted by Crippen LogP contribution is -2.19. The zero-order valence-electron chi connectivity index (χ0n) is 12.8. The van der Waals surface area contributed by atoms with Crippen LogP contribution in [0.1, 0.15) is 30.3 Å². The number of nitrogens with one attached hydrogen (secondary N) is 1. The maximum absolute atomic E-state index is 4.64. The molecule has 2 aromatic rings. The summed E-state index contributed by atoms with van der Waals surface area (Å²) in [6.45, 7) is 8.31. The smallest absolute Gasteiger partial charge is 0.161 e. The summed E-state index contributed by atoms with van der Waals surface area (Å²) in [4.78, 5) is 13.5. The summed E-state index contributed by atoms with van der Waals surface area (Å²) >= 11 is 3.43. The van der Waals surface area contributed by atoms with Gasteiger partial charge in [-0.15, -0.1) is 0 Å². The van der Waals surface area contributed by atoms with Gasteiger partial charge in [0.05, 0.1) is 0 Å². The second kappa shape index (κ2) is 7.61. The van der Waals surface area contributed by atoms with E-state index in [2.05, 4.69) is 57.0 Å².